The molecule has 0 fully saturated rings. The standard InChI is InChI=1S/C14H13N3O2S2/c1-9-2-7-13-12(8-9)17-14(20-13)16-10-3-5-11(6-4-10)21(15,18)19/h2-8H,1H3,(H,16,17)(H2,15,18,19). The minimum atomic E-state index is -3.66. The summed E-state index contributed by atoms with van der Waals surface area (Å²) in [6, 6.07) is 12.4. The molecular weight excluding hydrogens is 306 g/mol. The van der Waals surface area contributed by atoms with Gasteiger partial charge in [-0.15, -0.1) is 0 Å². The van der Waals surface area contributed by atoms with Gasteiger partial charge in [-0.3, -0.25) is 0 Å². The zero-order valence-corrected chi connectivity index (χ0v) is 12.8. The van der Waals surface area contributed by atoms with E-state index in [1.807, 2.05) is 25.1 Å². The van der Waals surface area contributed by atoms with Crippen LogP contribution >= 0.6 is 11.3 Å². The molecule has 3 N–H and O–H groups in total. The van der Waals surface area contributed by atoms with Crippen LogP contribution in [0.1, 0.15) is 5.56 Å². The topological polar surface area (TPSA) is 85.1 Å². The summed E-state index contributed by atoms with van der Waals surface area (Å²) in [6.45, 7) is 2.03. The summed E-state index contributed by atoms with van der Waals surface area (Å²) in [5.41, 5.74) is 2.87. The number of sulfonamides is 1. The van der Waals surface area contributed by atoms with Gasteiger partial charge in [0.1, 0.15) is 0 Å². The minimum Gasteiger partial charge on any atom is -0.332 e. The molecule has 0 aliphatic rings. The fourth-order valence-electron chi connectivity index (χ4n) is 1.94. The number of primary sulfonamides is 1. The van der Waals surface area contributed by atoms with Crippen LogP contribution in [0.15, 0.2) is 47.4 Å². The predicted molar refractivity (Wildman–Crippen MR) is 85.5 cm³/mol. The average Bonchev–Trinajstić information content (AvgIpc) is 2.79. The van der Waals surface area contributed by atoms with Crippen LogP contribution in [0.2, 0.25) is 0 Å². The lowest BCUT2D eigenvalue weighted by molar-refractivity contribution is 0.598. The molecule has 21 heavy (non-hydrogen) atoms. The Balaban J connectivity index is 1.88. The van der Waals surface area contributed by atoms with E-state index >= 15 is 0 Å². The Bertz CT molecular complexity index is 900. The fourth-order valence-corrected chi connectivity index (χ4v) is 3.32. The quantitative estimate of drug-likeness (QED) is 0.777. The summed E-state index contributed by atoms with van der Waals surface area (Å²) < 4.78 is 23.5. The third-order valence-electron chi connectivity index (χ3n) is 2.98. The molecule has 7 heteroatoms. The van der Waals surface area contributed by atoms with Crippen molar-refractivity contribution in [2.75, 3.05) is 5.32 Å². The molecule has 0 aliphatic carbocycles. The van der Waals surface area contributed by atoms with Crippen LogP contribution in [0.4, 0.5) is 10.8 Å². The molecule has 0 unspecified atom stereocenters. The molecule has 0 saturated carbocycles. The SMILES string of the molecule is Cc1ccc2sc(Nc3ccc(S(N)(=O)=O)cc3)nc2c1. The van der Waals surface area contributed by atoms with Crippen LogP contribution in [0.25, 0.3) is 10.2 Å². The molecule has 0 amide bonds. The number of thiazole rings is 1. The Labute approximate surface area is 126 Å². The fraction of sp³-hybridized carbons (Fsp3) is 0.0714. The van der Waals surface area contributed by atoms with Gasteiger partial charge in [-0.1, -0.05) is 17.4 Å². The number of nitrogens with two attached hydrogens (primary N) is 1. The number of aromatic nitrogens is 1. The first kappa shape index (κ1) is 14.0. The van der Waals surface area contributed by atoms with Gasteiger partial charge in [0.05, 0.1) is 15.1 Å². The van der Waals surface area contributed by atoms with E-state index in [1.165, 1.54) is 12.1 Å². The lowest BCUT2D eigenvalue weighted by Crippen LogP contribution is -2.11. The van der Waals surface area contributed by atoms with Gasteiger partial charge in [-0.2, -0.15) is 0 Å². The molecule has 0 radical (unpaired) electrons. The van der Waals surface area contributed by atoms with Gasteiger partial charge in [0.2, 0.25) is 10.0 Å². The van der Waals surface area contributed by atoms with Gasteiger partial charge in [-0.05, 0) is 48.9 Å². The molecule has 5 nitrogen and oxygen atoms in total. The Morgan fingerprint density at radius 3 is 2.52 bits per heavy atom. The minimum absolute atomic E-state index is 0.0907. The number of nitrogens with zero attached hydrogens (tertiary/aromatic N) is 1. The van der Waals surface area contributed by atoms with E-state index in [2.05, 4.69) is 10.3 Å². The summed E-state index contributed by atoms with van der Waals surface area (Å²) >= 11 is 1.55. The van der Waals surface area contributed by atoms with Crippen molar-refractivity contribution in [2.45, 2.75) is 11.8 Å². The second-order valence-electron chi connectivity index (χ2n) is 4.68. The normalized spacial score (nSPS) is 11.7. The van der Waals surface area contributed by atoms with Crippen molar-refractivity contribution in [1.29, 1.82) is 0 Å². The number of hydrogen-bond donors (Lipinski definition) is 2. The summed E-state index contributed by atoms with van der Waals surface area (Å²) in [5, 5.41) is 8.99. The third-order valence-corrected chi connectivity index (χ3v) is 4.86. The highest BCUT2D eigenvalue weighted by atomic mass is 32.2. The highest BCUT2D eigenvalue weighted by Gasteiger charge is 2.08. The van der Waals surface area contributed by atoms with E-state index in [0.717, 1.165) is 26.6 Å². The van der Waals surface area contributed by atoms with E-state index in [4.69, 9.17) is 5.14 Å². The van der Waals surface area contributed by atoms with E-state index in [0.29, 0.717) is 0 Å². The van der Waals surface area contributed by atoms with Crippen LogP contribution in [0.5, 0.6) is 0 Å². The van der Waals surface area contributed by atoms with Gasteiger partial charge in [0, 0.05) is 5.69 Å². The molecule has 2 aromatic carbocycles. The summed E-state index contributed by atoms with van der Waals surface area (Å²) in [7, 11) is -3.66. The number of benzene rings is 2. The Kier molecular flexibility index (Phi) is 3.40. The van der Waals surface area contributed by atoms with E-state index in [1.54, 1.807) is 23.5 Å². The maximum Gasteiger partial charge on any atom is 0.238 e. The monoisotopic (exact) mass is 319 g/mol. The first-order chi connectivity index (χ1) is 9.91. The number of aryl methyl sites for hydroxylation is 1. The Morgan fingerprint density at radius 2 is 1.86 bits per heavy atom. The lowest BCUT2D eigenvalue weighted by Gasteiger charge is -2.03. The zero-order valence-electron chi connectivity index (χ0n) is 11.2. The number of rotatable bonds is 3. The zero-order chi connectivity index (χ0) is 15.0. The molecular formula is C14H13N3O2S2. The van der Waals surface area contributed by atoms with Crippen molar-refractivity contribution in [3.8, 4) is 0 Å². The van der Waals surface area contributed by atoms with Crippen molar-refractivity contribution in [3.05, 3.63) is 48.0 Å². The van der Waals surface area contributed by atoms with Crippen LogP contribution in [-0.2, 0) is 10.0 Å². The summed E-state index contributed by atoms with van der Waals surface area (Å²) in [5.74, 6) is 0. The number of nitrogens with one attached hydrogen (secondary N) is 1. The van der Waals surface area contributed by atoms with Crippen molar-refractivity contribution in [1.82, 2.24) is 4.98 Å². The van der Waals surface area contributed by atoms with Gasteiger partial charge in [0.15, 0.2) is 5.13 Å². The first-order valence-corrected chi connectivity index (χ1v) is 8.55. The summed E-state index contributed by atoms with van der Waals surface area (Å²) in [4.78, 5) is 4.60. The smallest absolute Gasteiger partial charge is 0.238 e. The highest BCUT2D eigenvalue weighted by Crippen LogP contribution is 2.29. The maximum atomic E-state index is 11.2. The van der Waals surface area contributed by atoms with Crippen LogP contribution in [0, 0.1) is 6.92 Å². The van der Waals surface area contributed by atoms with E-state index in [-0.39, 0.29) is 4.90 Å². The number of hydrogen-bond acceptors (Lipinski definition) is 5. The van der Waals surface area contributed by atoms with E-state index < -0.39 is 10.0 Å². The number of anilines is 2. The van der Waals surface area contributed by atoms with Gasteiger partial charge >= 0.3 is 0 Å². The van der Waals surface area contributed by atoms with Crippen molar-refractivity contribution >= 4 is 42.4 Å². The van der Waals surface area contributed by atoms with Crippen molar-refractivity contribution in [2.24, 2.45) is 5.14 Å². The van der Waals surface area contributed by atoms with Crippen molar-refractivity contribution in [3.63, 3.8) is 0 Å². The van der Waals surface area contributed by atoms with Gasteiger partial charge < -0.3 is 5.32 Å². The lowest BCUT2D eigenvalue weighted by atomic mass is 10.2. The van der Waals surface area contributed by atoms with E-state index in [9.17, 15) is 8.42 Å². The van der Waals surface area contributed by atoms with Crippen molar-refractivity contribution < 1.29 is 8.42 Å². The van der Waals surface area contributed by atoms with Gasteiger partial charge in [0.25, 0.3) is 0 Å². The van der Waals surface area contributed by atoms with Crippen LogP contribution < -0.4 is 10.5 Å². The molecule has 0 spiro atoms. The molecule has 3 rings (SSSR count). The predicted octanol–water partition coefficient (Wildman–Crippen LogP) is 3.00. The molecule has 0 bridgehead atoms. The Morgan fingerprint density at radius 1 is 1.14 bits per heavy atom. The highest BCUT2D eigenvalue weighted by molar-refractivity contribution is 7.89. The molecule has 1 heterocycles. The molecule has 0 aliphatic heterocycles. The van der Waals surface area contributed by atoms with Crippen LogP contribution in [0.3, 0.4) is 0 Å². The maximum absolute atomic E-state index is 11.2. The third kappa shape index (κ3) is 3.05. The average molecular weight is 319 g/mol. The largest absolute Gasteiger partial charge is 0.332 e. The molecule has 0 saturated heterocycles. The number of fused-ring (bicyclic) bond motifs is 1. The van der Waals surface area contributed by atoms with Crippen LogP contribution in [-0.4, -0.2) is 13.4 Å². The van der Waals surface area contributed by atoms with Gasteiger partial charge in [-0.25, -0.2) is 18.5 Å². The molecule has 108 valence electrons. The summed E-state index contributed by atoms with van der Waals surface area (Å²) in [6.07, 6.45) is 0. The second-order valence-corrected chi connectivity index (χ2v) is 7.28. The first-order valence-electron chi connectivity index (χ1n) is 6.19. The molecule has 0 atom stereocenters. The second kappa shape index (κ2) is 5.10. The Hall–Kier alpha value is -1.96. The molecule has 1 aromatic heterocycles. The molecule has 3 aromatic rings.